The molecule has 4 rings (SSSR count). The number of benzene rings is 1. The van der Waals surface area contributed by atoms with Gasteiger partial charge in [0.15, 0.2) is 11.6 Å². The second-order valence-electron chi connectivity index (χ2n) is 7.36. The van der Waals surface area contributed by atoms with Crippen molar-refractivity contribution >= 4 is 5.91 Å². The van der Waals surface area contributed by atoms with Gasteiger partial charge in [0.25, 0.3) is 5.91 Å². The molecule has 2 aliphatic heterocycles. The molecule has 0 bridgehead atoms. The van der Waals surface area contributed by atoms with Gasteiger partial charge in [-0.05, 0) is 57.0 Å². The van der Waals surface area contributed by atoms with E-state index in [9.17, 15) is 13.6 Å². The summed E-state index contributed by atoms with van der Waals surface area (Å²) in [5.74, 6) is -1.47. The Kier molecular flexibility index (Phi) is 5.52. The van der Waals surface area contributed by atoms with E-state index in [-0.39, 0.29) is 23.6 Å². The SMILES string of the molecule is O=C(c1ccc(Oc2ccc(F)cc2F)nc1)N1CCC[C@H]1CN1CCCC1. The summed E-state index contributed by atoms with van der Waals surface area (Å²) in [4.78, 5) is 21.4. The summed E-state index contributed by atoms with van der Waals surface area (Å²) in [7, 11) is 0. The monoisotopic (exact) mass is 387 g/mol. The summed E-state index contributed by atoms with van der Waals surface area (Å²) in [6.07, 6.45) is 5.97. The third-order valence-corrected chi connectivity index (χ3v) is 5.40. The second-order valence-corrected chi connectivity index (χ2v) is 7.36. The third-order valence-electron chi connectivity index (χ3n) is 5.40. The number of rotatable bonds is 5. The molecule has 1 aromatic carbocycles. The van der Waals surface area contributed by atoms with Crippen LogP contribution >= 0.6 is 0 Å². The maximum Gasteiger partial charge on any atom is 0.255 e. The molecule has 2 saturated heterocycles. The average molecular weight is 387 g/mol. The lowest BCUT2D eigenvalue weighted by molar-refractivity contribution is 0.0708. The molecule has 0 radical (unpaired) electrons. The second kappa shape index (κ2) is 8.22. The smallest absolute Gasteiger partial charge is 0.255 e. The van der Waals surface area contributed by atoms with E-state index in [1.54, 1.807) is 6.07 Å². The number of aromatic nitrogens is 1. The summed E-state index contributed by atoms with van der Waals surface area (Å²) in [6, 6.07) is 6.48. The molecule has 1 atom stereocenters. The van der Waals surface area contributed by atoms with Crippen LogP contribution in [0.3, 0.4) is 0 Å². The Bertz CT molecular complexity index is 838. The zero-order valence-corrected chi connectivity index (χ0v) is 15.6. The largest absolute Gasteiger partial charge is 0.436 e. The van der Waals surface area contributed by atoms with E-state index in [0.717, 1.165) is 51.2 Å². The normalized spacial score (nSPS) is 19.9. The van der Waals surface area contributed by atoms with E-state index < -0.39 is 11.6 Å². The minimum Gasteiger partial charge on any atom is -0.436 e. The van der Waals surface area contributed by atoms with Gasteiger partial charge in [-0.2, -0.15) is 0 Å². The van der Waals surface area contributed by atoms with Crippen LogP contribution < -0.4 is 4.74 Å². The van der Waals surface area contributed by atoms with E-state index in [0.29, 0.717) is 5.56 Å². The highest BCUT2D eigenvalue weighted by Gasteiger charge is 2.31. The van der Waals surface area contributed by atoms with Gasteiger partial charge in [-0.3, -0.25) is 4.79 Å². The van der Waals surface area contributed by atoms with Crippen LogP contribution in [0.15, 0.2) is 36.5 Å². The standard InChI is InChI=1S/C21H23F2N3O2/c22-16-6-7-19(18(23)12-16)28-20-8-5-15(13-24-20)21(27)26-11-3-4-17(26)14-25-9-1-2-10-25/h5-8,12-13,17H,1-4,9-11,14H2/t17-/m0/s1. The fraction of sp³-hybridized carbons (Fsp3) is 0.429. The first-order chi connectivity index (χ1) is 13.6. The van der Waals surface area contributed by atoms with Gasteiger partial charge >= 0.3 is 0 Å². The summed E-state index contributed by atoms with van der Waals surface area (Å²) in [6.45, 7) is 3.93. The third kappa shape index (κ3) is 4.14. The minimum atomic E-state index is -0.802. The van der Waals surface area contributed by atoms with Crippen molar-refractivity contribution in [1.82, 2.24) is 14.8 Å². The Morgan fingerprint density at radius 1 is 1.11 bits per heavy atom. The topological polar surface area (TPSA) is 45.7 Å². The van der Waals surface area contributed by atoms with Gasteiger partial charge in [-0.25, -0.2) is 13.8 Å². The Hall–Kier alpha value is -2.54. The molecular formula is C21H23F2N3O2. The Balaban J connectivity index is 1.41. The zero-order valence-electron chi connectivity index (χ0n) is 15.6. The van der Waals surface area contributed by atoms with Crippen LogP contribution in [0.25, 0.3) is 0 Å². The number of halogens is 2. The molecule has 2 fully saturated rings. The Labute approximate surface area is 162 Å². The molecule has 0 unspecified atom stereocenters. The van der Waals surface area contributed by atoms with Gasteiger partial charge in [-0.1, -0.05) is 0 Å². The molecule has 28 heavy (non-hydrogen) atoms. The summed E-state index contributed by atoms with van der Waals surface area (Å²) in [5, 5.41) is 0. The average Bonchev–Trinajstić information content (AvgIpc) is 3.37. The summed E-state index contributed by atoms with van der Waals surface area (Å²) < 4.78 is 32.0. The molecule has 2 aromatic rings. The van der Waals surface area contributed by atoms with Gasteiger partial charge < -0.3 is 14.5 Å². The number of nitrogens with zero attached hydrogens (tertiary/aromatic N) is 3. The molecule has 0 N–H and O–H groups in total. The molecule has 1 aromatic heterocycles. The maximum absolute atomic E-state index is 13.7. The molecule has 7 heteroatoms. The van der Waals surface area contributed by atoms with Crippen molar-refractivity contribution in [3.05, 3.63) is 53.7 Å². The van der Waals surface area contributed by atoms with Crippen molar-refractivity contribution in [3.63, 3.8) is 0 Å². The minimum absolute atomic E-state index is 0.0336. The molecule has 1 amide bonds. The highest BCUT2D eigenvalue weighted by atomic mass is 19.1. The quantitative estimate of drug-likeness (QED) is 0.782. The Morgan fingerprint density at radius 3 is 2.64 bits per heavy atom. The van der Waals surface area contributed by atoms with Crippen molar-refractivity contribution in [2.45, 2.75) is 31.7 Å². The van der Waals surface area contributed by atoms with E-state index in [2.05, 4.69) is 9.88 Å². The van der Waals surface area contributed by atoms with Crippen LogP contribution in [0.5, 0.6) is 11.6 Å². The van der Waals surface area contributed by atoms with Crippen molar-refractivity contribution in [3.8, 4) is 11.6 Å². The zero-order chi connectivity index (χ0) is 19.5. The summed E-state index contributed by atoms with van der Waals surface area (Å²) in [5.41, 5.74) is 0.486. The number of amides is 1. The highest BCUT2D eigenvalue weighted by molar-refractivity contribution is 5.94. The first-order valence-corrected chi connectivity index (χ1v) is 9.72. The van der Waals surface area contributed by atoms with Crippen LogP contribution in [0.1, 0.15) is 36.0 Å². The lowest BCUT2D eigenvalue weighted by Gasteiger charge is -2.28. The first-order valence-electron chi connectivity index (χ1n) is 9.72. The van der Waals surface area contributed by atoms with Gasteiger partial charge in [0.1, 0.15) is 5.82 Å². The number of hydrogen-bond acceptors (Lipinski definition) is 4. The fourth-order valence-corrected chi connectivity index (χ4v) is 3.96. The number of carbonyl (C=O) groups excluding carboxylic acids is 1. The van der Waals surface area contributed by atoms with E-state index in [4.69, 9.17) is 4.74 Å². The van der Waals surface area contributed by atoms with Crippen molar-refractivity contribution in [2.75, 3.05) is 26.2 Å². The number of carbonyl (C=O) groups is 1. The van der Waals surface area contributed by atoms with Crippen LogP contribution in [0.4, 0.5) is 8.78 Å². The van der Waals surface area contributed by atoms with E-state index >= 15 is 0 Å². The van der Waals surface area contributed by atoms with Crippen LogP contribution in [0, 0.1) is 11.6 Å². The maximum atomic E-state index is 13.7. The lowest BCUT2D eigenvalue weighted by Crippen LogP contribution is -2.42. The molecule has 0 spiro atoms. The lowest BCUT2D eigenvalue weighted by atomic mass is 10.2. The highest BCUT2D eigenvalue weighted by Crippen LogP contribution is 2.25. The number of pyridine rings is 1. The van der Waals surface area contributed by atoms with Crippen LogP contribution in [0.2, 0.25) is 0 Å². The van der Waals surface area contributed by atoms with Gasteiger partial charge in [-0.15, -0.1) is 0 Å². The molecule has 5 nitrogen and oxygen atoms in total. The molecule has 0 aliphatic carbocycles. The molecule has 2 aliphatic rings. The predicted molar refractivity (Wildman–Crippen MR) is 100 cm³/mol. The van der Waals surface area contributed by atoms with Gasteiger partial charge in [0.2, 0.25) is 5.88 Å². The molecular weight excluding hydrogens is 364 g/mol. The van der Waals surface area contributed by atoms with Crippen molar-refractivity contribution < 1.29 is 18.3 Å². The van der Waals surface area contributed by atoms with Crippen LogP contribution in [-0.2, 0) is 0 Å². The number of likely N-dealkylation sites (tertiary alicyclic amines) is 2. The fourth-order valence-electron chi connectivity index (χ4n) is 3.96. The summed E-state index contributed by atoms with van der Waals surface area (Å²) >= 11 is 0. The van der Waals surface area contributed by atoms with Crippen LogP contribution in [-0.4, -0.2) is 52.9 Å². The predicted octanol–water partition coefficient (Wildman–Crippen LogP) is 3.85. The number of ether oxygens (including phenoxy) is 1. The van der Waals surface area contributed by atoms with E-state index in [1.165, 1.54) is 31.2 Å². The molecule has 148 valence electrons. The number of hydrogen-bond donors (Lipinski definition) is 0. The van der Waals surface area contributed by atoms with E-state index in [1.807, 2.05) is 4.90 Å². The molecule has 0 saturated carbocycles. The Morgan fingerprint density at radius 2 is 1.93 bits per heavy atom. The van der Waals surface area contributed by atoms with Crippen molar-refractivity contribution in [2.24, 2.45) is 0 Å². The van der Waals surface area contributed by atoms with Crippen molar-refractivity contribution in [1.29, 1.82) is 0 Å². The molecule has 3 heterocycles. The first kappa shape index (κ1) is 18.8. The van der Waals surface area contributed by atoms with Gasteiger partial charge in [0.05, 0.1) is 5.56 Å². The van der Waals surface area contributed by atoms with Gasteiger partial charge in [0, 0.05) is 37.5 Å².